The van der Waals surface area contributed by atoms with Crippen molar-refractivity contribution >= 4 is 7.92 Å². The smallest absolute Gasteiger partial charge is 0.0848 e. The Kier molecular flexibility index (Phi) is 4.96. The molecule has 3 aliphatic carbocycles. The third-order valence-corrected chi connectivity index (χ3v) is 4.33. The molecule has 3 rings (SSSR count). The summed E-state index contributed by atoms with van der Waals surface area (Å²) in [5, 5.41) is 0. The van der Waals surface area contributed by atoms with E-state index in [1.807, 2.05) is 36.5 Å². The van der Waals surface area contributed by atoms with Crippen molar-refractivity contribution in [2.45, 2.75) is 0 Å². The van der Waals surface area contributed by atoms with E-state index in [2.05, 4.69) is 71.2 Å². The summed E-state index contributed by atoms with van der Waals surface area (Å²) in [5.74, 6) is 10.4. The van der Waals surface area contributed by atoms with Gasteiger partial charge < -0.3 is 0 Å². The number of allylic oxidation sites excluding steroid dienone is 12. The summed E-state index contributed by atoms with van der Waals surface area (Å²) >= 11 is 0. The first-order valence-corrected chi connectivity index (χ1v) is 8.63. The molecule has 0 aliphatic heterocycles. The zero-order chi connectivity index (χ0) is 15.0. The molecule has 0 amide bonds. The molecule has 0 aromatic heterocycles. The molecule has 0 spiro atoms. The first-order chi connectivity index (χ1) is 10.9. The van der Waals surface area contributed by atoms with Crippen molar-refractivity contribution < 1.29 is 0 Å². The molecule has 3 aliphatic rings. The van der Waals surface area contributed by atoms with Crippen LogP contribution in [0.5, 0.6) is 0 Å². The van der Waals surface area contributed by atoms with Crippen LogP contribution in [-0.4, -0.2) is 0 Å². The van der Waals surface area contributed by atoms with Crippen molar-refractivity contribution in [1.82, 2.24) is 0 Å². The molecule has 0 heterocycles. The van der Waals surface area contributed by atoms with Crippen LogP contribution in [0, 0.1) is 52.5 Å². The maximum absolute atomic E-state index is 3.28. The van der Waals surface area contributed by atoms with Crippen LogP contribution in [0.4, 0.5) is 0 Å². The van der Waals surface area contributed by atoms with Gasteiger partial charge in [0.25, 0.3) is 0 Å². The second-order valence-corrected chi connectivity index (χ2v) is 6.33. The Bertz CT molecular complexity index is 637. The first-order valence-electron chi connectivity index (χ1n) is 7.29. The van der Waals surface area contributed by atoms with Crippen LogP contribution < -0.4 is 0 Å². The molecule has 22 heavy (non-hydrogen) atoms. The molecule has 0 aromatic rings. The Hall–Kier alpha value is -2.45. The van der Waals surface area contributed by atoms with Gasteiger partial charge in [-0.05, 0) is 17.0 Å². The van der Waals surface area contributed by atoms with Gasteiger partial charge in [-0.1, -0.05) is 90.7 Å². The van der Waals surface area contributed by atoms with E-state index >= 15 is 0 Å². The minimum atomic E-state index is -0.896. The normalized spacial score (nSPS) is 18.4. The van der Waals surface area contributed by atoms with Crippen molar-refractivity contribution in [3.8, 4) is 34.7 Å². The quantitative estimate of drug-likeness (QED) is 0.454. The highest BCUT2D eigenvalue weighted by atomic mass is 31.1. The summed E-state index contributed by atoms with van der Waals surface area (Å²) in [7, 11) is -0.896. The third-order valence-electron chi connectivity index (χ3n) is 3.27. The molecule has 104 valence electrons. The Morgan fingerprint density at radius 3 is 1.00 bits per heavy atom. The lowest BCUT2D eigenvalue weighted by Crippen LogP contribution is -1.83. The highest BCUT2D eigenvalue weighted by Crippen LogP contribution is 2.32. The second-order valence-electron chi connectivity index (χ2n) is 4.99. The molecule has 0 nitrogen and oxygen atoms in total. The predicted molar refractivity (Wildman–Crippen MR) is 95.6 cm³/mol. The molecule has 0 aromatic carbocycles. The molecule has 0 unspecified atom stereocenters. The minimum absolute atomic E-state index is 0.214. The lowest BCUT2D eigenvalue weighted by molar-refractivity contribution is 1.15. The molecule has 0 radical (unpaired) electrons. The zero-order valence-corrected chi connectivity index (χ0v) is 13.0. The topological polar surface area (TPSA) is 0 Å². The molecule has 0 saturated carbocycles. The Balaban J connectivity index is 1.74. The van der Waals surface area contributed by atoms with E-state index in [0.29, 0.717) is 0 Å². The highest BCUT2D eigenvalue weighted by Gasteiger charge is 2.03. The van der Waals surface area contributed by atoms with Gasteiger partial charge in [-0.15, -0.1) is 0 Å². The summed E-state index contributed by atoms with van der Waals surface area (Å²) < 4.78 is 0. The molecular formula is C21H15P. The van der Waals surface area contributed by atoms with Crippen molar-refractivity contribution in [3.05, 3.63) is 72.9 Å². The molecular weight excluding hydrogens is 283 g/mol. The number of hydrogen-bond donors (Lipinski definition) is 0. The maximum Gasteiger partial charge on any atom is 0.126 e. The molecule has 0 saturated heterocycles. The summed E-state index contributed by atoms with van der Waals surface area (Å²) in [5.41, 5.74) is 9.83. The SMILES string of the molecule is C(#CP(C#CC1C=CC=C1)C#CC1C=CC=C1)C1C=CC=C1. The zero-order valence-electron chi connectivity index (χ0n) is 12.1. The average molecular weight is 298 g/mol. The van der Waals surface area contributed by atoms with Gasteiger partial charge in [0.15, 0.2) is 0 Å². The molecule has 0 fully saturated rings. The van der Waals surface area contributed by atoms with E-state index in [-0.39, 0.29) is 17.8 Å². The van der Waals surface area contributed by atoms with Gasteiger partial charge in [-0.2, -0.15) is 0 Å². The van der Waals surface area contributed by atoms with Crippen LogP contribution in [-0.2, 0) is 0 Å². The molecule has 0 atom stereocenters. The lowest BCUT2D eigenvalue weighted by atomic mass is 10.2. The summed E-state index contributed by atoms with van der Waals surface area (Å²) in [6, 6.07) is 0. The van der Waals surface area contributed by atoms with Crippen LogP contribution in [0.2, 0.25) is 0 Å². The van der Waals surface area contributed by atoms with E-state index in [9.17, 15) is 0 Å². The van der Waals surface area contributed by atoms with E-state index in [1.54, 1.807) is 0 Å². The number of rotatable bonds is 0. The summed E-state index contributed by atoms with van der Waals surface area (Å²) in [6.45, 7) is 0. The second kappa shape index (κ2) is 7.53. The van der Waals surface area contributed by atoms with E-state index in [4.69, 9.17) is 0 Å². The molecule has 1 heteroatoms. The van der Waals surface area contributed by atoms with Gasteiger partial charge >= 0.3 is 0 Å². The Labute approximate surface area is 133 Å². The van der Waals surface area contributed by atoms with Crippen molar-refractivity contribution in [2.75, 3.05) is 0 Å². The van der Waals surface area contributed by atoms with Gasteiger partial charge in [-0.3, -0.25) is 0 Å². The van der Waals surface area contributed by atoms with Gasteiger partial charge in [0.1, 0.15) is 7.92 Å². The van der Waals surface area contributed by atoms with Crippen LogP contribution in [0.1, 0.15) is 0 Å². The minimum Gasteiger partial charge on any atom is -0.0848 e. The van der Waals surface area contributed by atoms with E-state index in [0.717, 1.165) is 0 Å². The molecule has 0 N–H and O–H groups in total. The third kappa shape index (κ3) is 4.27. The van der Waals surface area contributed by atoms with E-state index < -0.39 is 7.92 Å². The van der Waals surface area contributed by atoms with Crippen LogP contribution in [0.3, 0.4) is 0 Å². The first kappa shape index (κ1) is 14.5. The predicted octanol–water partition coefficient (Wildman–Crippen LogP) is 4.58. The standard InChI is InChI=1S/C21H15P/c1-2-8-19(7-1)13-16-22(17-14-20-9-3-4-10-20)18-15-21-11-5-6-12-21/h1-12,19-21H. The summed E-state index contributed by atoms with van der Waals surface area (Å²) in [6.07, 6.45) is 24.7. The lowest BCUT2D eigenvalue weighted by Gasteiger charge is -1.96. The Morgan fingerprint density at radius 1 is 0.455 bits per heavy atom. The highest BCUT2D eigenvalue weighted by molar-refractivity contribution is 7.72. The fourth-order valence-electron chi connectivity index (χ4n) is 2.09. The monoisotopic (exact) mass is 298 g/mol. The van der Waals surface area contributed by atoms with Crippen molar-refractivity contribution in [3.63, 3.8) is 0 Å². The summed E-state index contributed by atoms with van der Waals surface area (Å²) in [4.78, 5) is 0. The van der Waals surface area contributed by atoms with Gasteiger partial charge in [-0.25, -0.2) is 0 Å². The van der Waals surface area contributed by atoms with Gasteiger partial charge in [0.2, 0.25) is 0 Å². The van der Waals surface area contributed by atoms with Gasteiger partial charge in [0, 0.05) is 0 Å². The fraction of sp³-hybridized carbons (Fsp3) is 0.143. The van der Waals surface area contributed by atoms with Crippen LogP contribution >= 0.6 is 7.92 Å². The maximum atomic E-state index is 3.28. The van der Waals surface area contributed by atoms with Crippen LogP contribution in [0.25, 0.3) is 0 Å². The van der Waals surface area contributed by atoms with Crippen molar-refractivity contribution in [2.24, 2.45) is 17.8 Å². The fourth-order valence-corrected chi connectivity index (χ4v) is 3.09. The van der Waals surface area contributed by atoms with Crippen molar-refractivity contribution in [1.29, 1.82) is 0 Å². The Morgan fingerprint density at radius 2 is 0.727 bits per heavy atom. The van der Waals surface area contributed by atoms with Crippen LogP contribution in [0.15, 0.2) is 72.9 Å². The number of hydrogen-bond acceptors (Lipinski definition) is 0. The largest absolute Gasteiger partial charge is 0.126 e. The van der Waals surface area contributed by atoms with E-state index in [1.165, 1.54) is 0 Å². The molecule has 0 bridgehead atoms. The van der Waals surface area contributed by atoms with Gasteiger partial charge in [0.05, 0.1) is 17.8 Å². The average Bonchev–Trinajstić information content (AvgIpc) is 3.29.